The second kappa shape index (κ2) is 7.79. The van der Waals surface area contributed by atoms with E-state index in [0.717, 1.165) is 25.2 Å². The van der Waals surface area contributed by atoms with Crippen LogP contribution in [0.3, 0.4) is 0 Å². The predicted molar refractivity (Wildman–Crippen MR) is 68.6 cm³/mol. The summed E-state index contributed by atoms with van der Waals surface area (Å²) in [5, 5.41) is 6.01. The fraction of sp³-hybridized carbons (Fsp3) is 0.538. The van der Waals surface area contributed by atoms with E-state index in [4.69, 9.17) is 0 Å². The van der Waals surface area contributed by atoms with E-state index in [1.165, 1.54) is 5.56 Å². The van der Waals surface area contributed by atoms with Crippen LogP contribution >= 0.6 is 0 Å². The molecule has 0 saturated carbocycles. The van der Waals surface area contributed by atoms with E-state index in [2.05, 4.69) is 22.5 Å². The monoisotopic (exact) mass is 235 g/mol. The van der Waals surface area contributed by atoms with Gasteiger partial charge >= 0.3 is 0 Å². The van der Waals surface area contributed by atoms with Crippen LogP contribution in [0.1, 0.15) is 31.5 Å². The van der Waals surface area contributed by atoms with Crippen LogP contribution in [0.25, 0.3) is 0 Å². The van der Waals surface area contributed by atoms with Gasteiger partial charge in [0.1, 0.15) is 0 Å². The van der Waals surface area contributed by atoms with E-state index in [9.17, 15) is 4.79 Å². The summed E-state index contributed by atoms with van der Waals surface area (Å²) in [4.78, 5) is 15.8. The molecule has 1 aromatic rings. The lowest BCUT2D eigenvalue weighted by Crippen LogP contribution is -2.27. The molecule has 17 heavy (non-hydrogen) atoms. The van der Waals surface area contributed by atoms with Gasteiger partial charge in [0.05, 0.1) is 12.2 Å². The molecule has 0 unspecified atom stereocenters. The summed E-state index contributed by atoms with van der Waals surface area (Å²) in [6.45, 7) is 6.26. The fourth-order valence-corrected chi connectivity index (χ4v) is 1.60. The minimum absolute atomic E-state index is 0.0682. The minimum Gasteiger partial charge on any atom is -0.350 e. The number of aromatic nitrogens is 1. The van der Waals surface area contributed by atoms with Crippen molar-refractivity contribution < 1.29 is 4.79 Å². The molecule has 0 radical (unpaired) electrons. The Labute approximate surface area is 103 Å². The summed E-state index contributed by atoms with van der Waals surface area (Å²) in [5.41, 5.74) is 2.16. The lowest BCUT2D eigenvalue weighted by molar-refractivity contribution is -0.121. The number of carbonyl (C=O) groups excluding carboxylic acids is 1. The number of hydrogen-bond acceptors (Lipinski definition) is 3. The first-order valence-corrected chi connectivity index (χ1v) is 6.18. The maximum atomic E-state index is 11.5. The van der Waals surface area contributed by atoms with Crippen LogP contribution in [0.15, 0.2) is 18.3 Å². The third-order valence-corrected chi connectivity index (χ3v) is 2.60. The van der Waals surface area contributed by atoms with Crippen molar-refractivity contribution in [1.29, 1.82) is 0 Å². The highest BCUT2D eigenvalue weighted by molar-refractivity contribution is 5.76. The van der Waals surface area contributed by atoms with Gasteiger partial charge in [0.25, 0.3) is 0 Å². The maximum absolute atomic E-state index is 11.5. The lowest BCUT2D eigenvalue weighted by atomic mass is 10.1. The Kier molecular flexibility index (Phi) is 6.25. The summed E-state index contributed by atoms with van der Waals surface area (Å²) in [6, 6.07) is 3.97. The molecule has 1 aromatic heterocycles. The highest BCUT2D eigenvalue weighted by Gasteiger charge is 2.04. The van der Waals surface area contributed by atoms with Crippen molar-refractivity contribution in [1.82, 2.24) is 15.6 Å². The molecule has 0 saturated heterocycles. The Balaban J connectivity index is 2.36. The van der Waals surface area contributed by atoms with Gasteiger partial charge in [-0.1, -0.05) is 19.9 Å². The van der Waals surface area contributed by atoms with E-state index < -0.39 is 0 Å². The van der Waals surface area contributed by atoms with Crippen molar-refractivity contribution in [3.63, 3.8) is 0 Å². The standard InChI is InChI=1S/C13H21N3O/c1-3-11-6-5-8-15-12(11)10-16-13(17)7-9-14-4-2/h5-6,8,14H,3-4,7,9-10H2,1-2H3,(H,16,17). The zero-order valence-corrected chi connectivity index (χ0v) is 10.6. The third kappa shape index (κ3) is 4.95. The van der Waals surface area contributed by atoms with E-state index >= 15 is 0 Å². The van der Waals surface area contributed by atoms with Gasteiger partial charge in [0.2, 0.25) is 5.91 Å². The van der Waals surface area contributed by atoms with E-state index in [1.54, 1.807) is 6.20 Å². The average molecular weight is 235 g/mol. The molecular weight excluding hydrogens is 214 g/mol. The Bertz CT molecular complexity index is 352. The van der Waals surface area contributed by atoms with Crippen molar-refractivity contribution in [2.24, 2.45) is 0 Å². The molecule has 0 bridgehead atoms. The molecule has 1 heterocycles. The van der Waals surface area contributed by atoms with Crippen molar-refractivity contribution in [2.45, 2.75) is 33.2 Å². The Morgan fingerprint density at radius 1 is 1.41 bits per heavy atom. The van der Waals surface area contributed by atoms with Crippen LogP contribution < -0.4 is 10.6 Å². The first-order valence-electron chi connectivity index (χ1n) is 6.18. The topological polar surface area (TPSA) is 54.0 Å². The molecule has 4 heteroatoms. The molecule has 0 aliphatic rings. The number of amides is 1. The smallest absolute Gasteiger partial charge is 0.221 e. The Hall–Kier alpha value is -1.42. The molecule has 1 amide bonds. The van der Waals surface area contributed by atoms with Gasteiger partial charge in [-0.2, -0.15) is 0 Å². The number of aryl methyl sites for hydroxylation is 1. The number of pyridine rings is 1. The first-order chi connectivity index (χ1) is 8.27. The third-order valence-electron chi connectivity index (χ3n) is 2.60. The van der Waals surface area contributed by atoms with Crippen LogP contribution in [0, 0.1) is 0 Å². The van der Waals surface area contributed by atoms with Crippen LogP contribution in [0.5, 0.6) is 0 Å². The number of carbonyl (C=O) groups is 1. The fourth-order valence-electron chi connectivity index (χ4n) is 1.60. The minimum atomic E-state index is 0.0682. The van der Waals surface area contributed by atoms with Crippen molar-refractivity contribution in [2.75, 3.05) is 13.1 Å². The van der Waals surface area contributed by atoms with Crippen molar-refractivity contribution in [3.8, 4) is 0 Å². The summed E-state index contributed by atoms with van der Waals surface area (Å²) >= 11 is 0. The Morgan fingerprint density at radius 3 is 2.94 bits per heavy atom. The lowest BCUT2D eigenvalue weighted by Gasteiger charge is -2.08. The molecule has 0 aromatic carbocycles. The number of nitrogens with one attached hydrogen (secondary N) is 2. The second-order valence-corrected chi connectivity index (χ2v) is 3.84. The van der Waals surface area contributed by atoms with E-state index in [-0.39, 0.29) is 5.91 Å². The van der Waals surface area contributed by atoms with Gasteiger partial charge in [0, 0.05) is 19.2 Å². The quantitative estimate of drug-likeness (QED) is 0.700. The van der Waals surface area contributed by atoms with Gasteiger partial charge < -0.3 is 10.6 Å². The largest absolute Gasteiger partial charge is 0.350 e. The number of hydrogen-bond donors (Lipinski definition) is 2. The van der Waals surface area contributed by atoms with Crippen LogP contribution in [0.2, 0.25) is 0 Å². The summed E-state index contributed by atoms with van der Waals surface area (Å²) < 4.78 is 0. The SMILES string of the molecule is CCNCCC(=O)NCc1ncccc1CC. The molecule has 2 N–H and O–H groups in total. The molecule has 4 nitrogen and oxygen atoms in total. The van der Waals surface area contributed by atoms with Crippen molar-refractivity contribution in [3.05, 3.63) is 29.6 Å². The molecule has 0 aliphatic heterocycles. The molecule has 94 valence electrons. The predicted octanol–water partition coefficient (Wildman–Crippen LogP) is 1.26. The molecule has 0 aliphatic carbocycles. The zero-order chi connectivity index (χ0) is 12.5. The number of rotatable bonds is 7. The van der Waals surface area contributed by atoms with E-state index in [0.29, 0.717) is 13.0 Å². The van der Waals surface area contributed by atoms with Crippen LogP contribution in [0.4, 0.5) is 0 Å². The molecule has 0 fully saturated rings. The van der Waals surface area contributed by atoms with Gasteiger partial charge in [-0.15, -0.1) is 0 Å². The summed E-state index contributed by atoms with van der Waals surface area (Å²) in [5.74, 6) is 0.0682. The molecule has 1 rings (SSSR count). The normalized spacial score (nSPS) is 10.2. The molecule has 0 atom stereocenters. The number of nitrogens with zero attached hydrogens (tertiary/aromatic N) is 1. The van der Waals surface area contributed by atoms with Gasteiger partial charge in [0.15, 0.2) is 0 Å². The van der Waals surface area contributed by atoms with Crippen LogP contribution in [-0.4, -0.2) is 24.0 Å². The summed E-state index contributed by atoms with van der Waals surface area (Å²) in [6.07, 6.45) is 3.22. The Morgan fingerprint density at radius 2 is 2.24 bits per heavy atom. The highest BCUT2D eigenvalue weighted by Crippen LogP contribution is 2.05. The molecule has 0 spiro atoms. The zero-order valence-electron chi connectivity index (χ0n) is 10.6. The van der Waals surface area contributed by atoms with Gasteiger partial charge in [-0.05, 0) is 24.6 Å². The van der Waals surface area contributed by atoms with Gasteiger partial charge in [-0.3, -0.25) is 9.78 Å². The highest BCUT2D eigenvalue weighted by atomic mass is 16.1. The van der Waals surface area contributed by atoms with Crippen LogP contribution in [-0.2, 0) is 17.8 Å². The average Bonchev–Trinajstić information content (AvgIpc) is 2.37. The first kappa shape index (κ1) is 13.6. The summed E-state index contributed by atoms with van der Waals surface area (Å²) in [7, 11) is 0. The molecular formula is C13H21N3O. The van der Waals surface area contributed by atoms with E-state index in [1.807, 2.05) is 19.1 Å². The second-order valence-electron chi connectivity index (χ2n) is 3.84. The van der Waals surface area contributed by atoms with Gasteiger partial charge in [-0.25, -0.2) is 0 Å². The maximum Gasteiger partial charge on any atom is 0.221 e. The van der Waals surface area contributed by atoms with Crippen molar-refractivity contribution >= 4 is 5.91 Å².